The summed E-state index contributed by atoms with van der Waals surface area (Å²) in [4.78, 5) is 26.8. The molecule has 0 saturated carbocycles. The van der Waals surface area contributed by atoms with Gasteiger partial charge in [-0.25, -0.2) is 0 Å². The van der Waals surface area contributed by atoms with Gasteiger partial charge in [0.15, 0.2) is 11.6 Å². The summed E-state index contributed by atoms with van der Waals surface area (Å²) in [6.07, 6.45) is 31.8. The number of nitrogens with zero attached hydrogens (tertiary/aromatic N) is 1. The molecule has 0 fully saturated rings. The summed E-state index contributed by atoms with van der Waals surface area (Å²) in [7, 11) is 4.61. The van der Waals surface area contributed by atoms with Crippen molar-refractivity contribution in [3.63, 3.8) is 0 Å². The van der Waals surface area contributed by atoms with Gasteiger partial charge in [0.1, 0.15) is 18.9 Å². The van der Waals surface area contributed by atoms with Crippen LogP contribution in [0.15, 0.2) is 46.8 Å². The topological polar surface area (TPSA) is 43.4 Å². The monoisotopic (exact) mass is 653 g/mol. The van der Waals surface area contributed by atoms with Gasteiger partial charge in [-0.05, 0) is 80.6 Å². The third-order valence-electron chi connectivity index (χ3n) is 11.0. The van der Waals surface area contributed by atoms with Gasteiger partial charge in [-0.1, -0.05) is 123 Å². The molecule has 2 rings (SSSR count). The summed E-state index contributed by atoms with van der Waals surface area (Å²) in [6, 6.07) is 0. The first-order chi connectivity index (χ1) is 22.4. The van der Waals surface area contributed by atoms with Gasteiger partial charge in [0, 0.05) is 17.9 Å². The maximum absolute atomic E-state index is 13.5. The molecule has 47 heavy (non-hydrogen) atoms. The molecular weight excluding hydrogens is 578 g/mol. The number of hydrogen-bond donors (Lipinski definition) is 0. The van der Waals surface area contributed by atoms with Crippen LogP contribution < -0.4 is 0 Å². The van der Waals surface area contributed by atoms with E-state index in [1.54, 1.807) is 0 Å². The first kappa shape index (κ1) is 41.2. The lowest BCUT2D eigenvalue weighted by molar-refractivity contribution is -0.890. The quantitative estimate of drug-likeness (QED) is 0.0728. The first-order valence-corrected chi connectivity index (χ1v) is 19.7. The average Bonchev–Trinajstić information content (AvgIpc) is 3.25. The average molecular weight is 653 g/mol. The Kier molecular flexibility index (Phi) is 19.2. The van der Waals surface area contributed by atoms with Crippen LogP contribution in [-0.4, -0.2) is 49.8 Å². The van der Waals surface area contributed by atoms with Crippen molar-refractivity contribution in [2.24, 2.45) is 17.3 Å². The maximum atomic E-state index is 13.5. The van der Waals surface area contributed by atoms with Gasteiger partial charge in [-0.2, -0.15) is 0 Å². The lowest BCUT2D eigenvalue weighted by Crippen LogP contribution is -2.43. The van der Waals surface area contributed by atoms with Gasteiger partial charge in [0.05, 0.1) is 20.6 Å². The van der Waals surface area contributed by atoms with Crippen molar-refractivity contribution in [1.82, 2.24) is 0 Å². The molecule has 2 aliphatic rings. The number of ketones is 2. The van der Waals surface area contributed by atoms with Gasteiger partial charge in [0.25, 0.3) is 0 Å². The number of unbranched alkanes of at least 4 members (excludes halogenated alkanes) is 13. The normalized spacial score (nSPS) is 18.0. The van der Waals surface area contributed by atoms with Crippen LogP contribution in [0, 0.1) is 17.3 Å². The van der Waals surface area contributed by atoms with E-state index >= 15 is 0 Å². The third kappa shape index (κ3) is 15.9. The largest absolute Gasteiger partial charge is 0.488 e. The summed E-state index contributed by atoms with van der Waals surface area (Å²) in [5.41, 5.74) is 2.91. The fraction of sp³-hybridized carbons (Fsp3) is 0.767. The molecular formula is C43H74NO3+. The highest BCUT2D eigenvalue weighted by Gasteiger charge is 2.34. The second kappa shape index (κ2) is 21.9. The molecule has 0 N–H and O–H groups in total. The van der Waals surface area contributed by atoms with Crippen molar-refractivity contribution >= 4 is 11.6 Å². The molecule has 0 radical (unpaired) electrons. The summed E-state index contributed by atoms with van der Waals surface area (Å²) < 4.78 is 7.14. The Morgan fingerprint density at radius 1 is 0.830 bits per heavy atom. The Morgan fingerprint density at radius 3 is 1.98 bits per heavy atom. The molecule has 0 spiro atoms. The molecule has 4 nitrogen and oxygen atoms in total. The predicted octanol–water partition coefficient (Wildman–Crippen LogP) is 11.7. The van der Waals surface area contributed by atoms with Crippen molar-refractivity contribution in [2.75, 3.05) is 33.8 Å². The van der Waals surface area contributed by atoms with Crippen LogP contribution in [0.3, 0.4) is 0 Å². The molecule has 0 aromatic rings. The molecule has 2 atom stereocenters. The van der Waals surface area contributed by atoms with E-state index in [-0.39, 0.29) is 28.8 Å². The number of allylic oxidation sites excluding steroid dienone is 7. The minimum absolute atomic E-state index is 0.00558. The van der Waals surface area contributed by atoms with Gasteiger partial charge < -0.3 is 9.22 Å². The maximum Gasteiger partial charge on any atom is 0.165 e. The molecule has 0 saturated heterocycles. The number of rotatable bonds is 25. The SMILES string of the molecule is CCCCCCCCCCCCCCCC[N+](C)(C)CCOC1=CCC=C(C(=O)C(C)C(C)CC(=O)C2=C(C)CCCC2(C)C)C=C1. The summed E-state index contributed by atoms with van der Waals surface area (Å²) >= 11 is 0. The van der Waals surface area contributed by atoms with E-state index in [4.69, 9.17) is 4.74 Å². The molecule has 0 aromatic carbocycles. The zero-order valence-corrected chi connectivity index (χ0v) is 32.2. The number of hydrogen-bond acceptors (Lipinski definition) is 3. The van der Waals surface area contributed by atoms with E-state index in [0.29, 0.717) is 19.4 Å². The number of ether oxygens (including phenoxy) is 1. The molecule has 2 aliphatic carbocycles. The van der Waals surface area contributed by atoms with E-state index in [2.05, 4.69) is 54.8 Å². The standard InChI is InChI=1S/C43H74NO3/c1-9-10-11-12-13-14-15-16-17-18-19-20-21-22-31-44(7,8)32-33-47-39-27-23-26-38(28-29-39)42(46)37(4)36(3)34-40(45)41-35(2)25-24-30-43(41,5)6/h26-29,36-37H,9-25,30-34H2,1-8H3/q+1. The molecule has 0 heterocycles. The minimum atomic E-state index is -0.210. The molecule has 2 unspecified atom stereocenters. The molecule has 4 heteroatoms. The second-order valence-corrected chi connectivity index (χ2v) is 16.3. The molecule has 0 aromatic heterocycles. The van der Waals surface area contributed by atoms with E-state index in [9.17, 15) is 9.59 Å². The van der Waals surface area contributed by atoms with E-state index in [1.807, 2.05) is 25.2 Å². The Morgan fingerprint density at radius 2 is 1.40 bits per heavy atom. The van der Waals surface area contributed by atoms with Crippen LogP contribution in [0.4, 0.5) is 0 Å². The van der Waals surface area contributed by atoms with Crippen molar-refractivity contribution in [2.45, 2.75) is 164 Å². The zero-order valence-electron chi connectivity index (χ0n) is 32.2. The number of quaternary nitrogens is 1. The van der Waals surface area contributed by atoms with Crippen LogP contribution in [0.25, 0.3) is 0 Å². The van der Waals surface area contributed by atoms with E-state index in [1.165, 1.54) is 102 Å². The smallest absolute Gasteiger partial charge is 0.165 e. The summed E-state index contributed by atoms with van der Waals surface area (Å²) in [5.74, 6) is 0.980. The lowest BCUT2D eigenvalue weighted by atomic mass is 9.69. The van der Waals surface area contributed by atoms with Gasteiger partial charge in [0.2, 0.25) is 0 Å². The fourth-order valence-corrected chi connectivity index (χ4v) is 7.49. The number of Topliss-reactive ketones (excluding diaryl/α,β-unsaturated/α-hetero) is 2. The Hall–Kier alpha value is -1.94. The number of carbonyl (C=O) groups excluding carboxylic acids is 2. The first-order valence-electron chi connectivity index (χ1n) is 19.7. The predicted molar refractivity (Wildman–Crippen MR) is 201 cm³/mol. The van der Waals surface area contributed by atoms with Crippen LogP contribution in [0.1, 0.15) is 164 Å². The van der Waals surface area contributed by atoms with Crippen molar-refractivity contribution < 1.29 is 18.8 Å². The van der Waals surface area contributed by atoms with Crippen molar-refractivity contribution in [3.8, 4) is 0 Å². The lowest BCUT2D eigenvalue weighted by Gasteiger charge is -2.34. The Labute approximate surface area is 291 Å². The minimum Gasteiger partial charge on any atom is -0.488 e. The molecule has 0 aliphatic heterocycles. The number of carbonyl (C=O) groups is 2. The Balaban J connectivity index is 1.63. The highest BCUT2D eigenvalue weighted by molar-refractivity contribution is 6.01. The molecule has 268 valence electrons. The van der Waals surface area contributed by atoms with Crippen LogP contribution >= 0.6 is 0 Å². The van der Waals surface area contributed by atoms with Crippen LogP contribution in [-0.2, 0) is 14.3 Å². The third-order valence-corrected chi connectivity index (χ3v) is 11.0. The van der Waals surface area contributed by atoms with Crippen molar-refractivity contribution in [3.05, 3.63) is 46.8 Å². The molecule has 0 bridgehead atoms. The summed E-state index contributed by atoms with van der Waals surface area (Å²) in [6.45, 7) is 15.6. The fourth-order valence-electron chi connectivity index (χ4n) is 7.49. The highest BCUT2D eigenvalue weighted by atomic mass is 16.5. The van der Waals surface area contributed by atoms with E-state index < -0.39 is 0 Å². The Bertz CT molecular complexity index is 1070. The van der Waals surface area contributed by atoms with Crippen LogP contribution in [0.2, 0.25) is 0 Å². The van der Waals surface area contributed by atoms with Gasteiger partial charge >= 0.3 is 0 Å². The number of likely N-dealkylation sites (N-methyl/N-ethyl adjacent to an activating group) is 1. The van der Waals surface area contributed by atoms with Crippen LogP contribution in [0.5, 0.6) is 0 Å². The van der Waals surface area contributed by atoms with Gasteiger partial charge in [-0.15, -0.1) is 0 Å². The zero-order chi connectivity index (χ0) is 34.7. The molecule has 0 amide bonds. The second-order valence-electron chi connectivity index (χ2n) is 16.3. The van der Waals surface area contributed by atoms with Crippen molar-refractivity contribution in [1.29, 1.82) is 0 Å². The highest BCUT2D eigenvalue weighted by Crippen LogP contribution is 2.41. The summed E-state index contributed by atoms with van der Waals surface area (Å²) in [5, 5.41) is 0. The van der Waals surface area contributed by atoms with Gasteiger partial charge in [-0.3, -0.25) is 9.59 Å². The van der Waals surface area contributed by atoms with E-state index in [0.717, 1.165) is 47.2 Å².